The van der Waals surface area contributed by atoms with Crippen molar-refractivity contribution in [2.75, 3.05) is 6.54 Å². The highest BCUT2D eigenvalue weighted by molar-refractivity contribution is 4.96. The third-order valence-electron chi connectivity index (χ3n) is 1.70. The van der Waals surface area contributed by atoms with Gasteiger partial charge in [-0.3, -0.25) is 0 Å². The molecule has 1 aliphatic rings. The number of aliphatic hydroxyl groups is 1. The number of β-amino-alcohol motifs (C(OH)–C–C–N with tert-alkyl or cyclic N) is 1. The summed E-state index contributed by atoms with van der Waals surface area (Å²) in [7, 11) is 0. The summed E-state index contributed by atoms with van der Waals surface area (Å²) in [6, 6.07) is 0.285. The zero-order valence-electron chi connectivity index (χ0n) is 4.73. The number of nitrogens with one attached hydrogen (secondary N) is 1. The first-order chi connectivity index (χ1) is 3.13. The minimum atomic E-state index is -0.431. The van der Waals surface area contributed by atoms with Gasteiger partial charge >= 0.3 is 0 Å². The molecule has 7 heavy (non-hydrogen) atoms. The average Bonchev–Trinajstić information content (AvgIpc) is 1.63. The molecular formula is C5H11NO. The minimum absolute atomic E-state index is 0.285. The Bertz CT molecular complexity index is 80.1. The Labute approximate surface area is 43.5 Å². The predicted molar refractivity (Wildman–Crippen MR) is 28.1 cm³/mol. The van der Waals surface area contributed by atoms with Crippen molar-refractivity contribution in [2.45, 2.75) is 25.5 Å². The van der Waals surface area contributed by atoms with Gasteiger partial charge in [0.2, 0.25) is 0 Å². The summed E-state index contributed by atoms with van der Waals surface area (Å²) in [5.41, 5.74) is -0.431. The van der Waals surface area contributed by atoms with Crippen LogP contribution in [0.15, 0.2) is 0 Å². The first-order valence-corrected chi connectivity index (χ1v) is 2.59. The lowest BCUT2D eigenvalue weighted by molar-refractivity contribution is -0.0335. The van der Waals surface area contributed by atoms with Crippen LogP contribution in [0.25, 0.3) is 0 Å². The van der Waals surface area contributed by atoms with Crippen molar-refractivity contribution in [1.29, 1.82) is 0 Å². The smallest absolute Gasteiger partial charge is 0.0892 e. The number of hydrogen-bond donors (Lipinski definition) is 2. The van der Waals surface area contributed by atoms with Crippen molar-refractivity contribution in [3.63, 3.8) is 0 Å². The molecule has 2 nitrogen and oxygen atoms in total. The fraction of sp³-hybridized carbons (Fsp3) is 1.00. The SMILES string of the molecule is C[C@@H]1NC[C@@]1(C)O. The second-order valence-electron chi connectivity index (χ2n) is 2.46. The van der Waals surface area contributed by atoms with Gasteiger partial charge in [-0.15, -0.1) is 0 Å². The van der Waals surface area contributed by atoms with E-state index in [0.717, 1.165) is 6.54 Å². The molecule has 1 saturated heterocycles. The highest BCUT2D eigenvalue weighted by Gasteiger charge is 2.36. The second kappa shape index (κ2) is 1.20. The maximum atomic E-state index is 9.12. The summed E-state index contributed by atoms with van der Waals surface area (Å²) in [5.74, 6) is 0. The lowest BCUT2D eigenvalue weighted by atomic mass is 9.90. The second-order valence-corrected chi connectivity index (χ2v) is 2.46. The fourth-order valence-corrected chi connectivity index (χ4v) is 0.602. The van der Waals surface area contributed by atoms with Crippen LogP contribution in [0.5, 0.6) is 0 Å². The molecule has 1 aliphatic heterocycles. The Kier molecular flexibility index (Phi) is 0.869. The molecule has 0 bridgehead atoms. The lowest BCUT2D eigenvalue weighted by Crippen LogP contribution is -2.64. The molecule has 0 aromatic heterocycles. The van der Waals surface area contributed by atoms with E-state index in [0.29, 0.717) is 0 Å². The molecule has 0 aromatic carbocycles. The van der Waals surface area contributed by atoms with Gasteiger partial charge in [0.1, 0.15) is 0 Å². The third-order valence-corrected chi connectivity index (χ3v) is 1.70. The molecule has 2 heteroatoms. The summed E-state index contributed by atoms with van der Waals surface area (Å²) in [5, 5.41) is 12.2. The van der Waals surface area contributed by atoms with E-state index in [9.17, 15) is 0 Å². The summed E-state index contributed by atoms with van der Waals surface area (Å²) in [6.45, 7) is 4.56. The summed E-state index contributed by atoms with van der Waals surface area (Å²) >= 11 is 0. The molecule has 0 amide bonds. The maximum Gasteiger partial charge on any atom is 0.0892 e. The van der Waals surface area contributed by atoms with Gasteiger partial charge in [0.05, 0.1) is 5.60 Å². The standard InChI is InChI=1S/C5H11NO/c1-4-5(2,7)3-6-4/h4,6-7H,3H2,1-2H3/t4-,5+/m0/s1. The summed E-state index contributed by atoms with van der Waals surface area (Å²) in [6.07, 6.45) is 0. The van der Waals surface area contributed by atoms with E-state index in [4.69, 9.17) is 5.11 Å². The molecule has 0 radical (unpaired) electrons. The monoisotopic (exact) mass is 101 g/mol. The van der Waals surface area contributed by atoms with Gasteiger partial charge in [0.25, 0.3) is 0 Å². The Morgan fingerprint density at radius 3 is 2.29 bits per heavy atom. The summed E-state index contributed by atoms with van der Waals surface area (Å²) in [4.78, 5) is 0. The Morgan fingerprint density at radius 1 is 1.86 bits per heavy atom. The molecule has 1 heterocycles. The van der Waals surface area contributed by atoms with Crippen molar-refractivity contribution in [2.24, 2.45) is 0 Å². The van der Waals surface area contributed by atoms with Gasteiger partial charge in [-0.1, -0.05) is 0 Å². The van der Waals surface area contributed by atoms with Crippen LogP contribution in [0.4, 0.5) is 0 Å². The predicted octanol–water partition coefficient (Wildman–Crippen LogP) is -0.271. The zero-order valence-corrected chi connectivity index (χ0v) is 4.73. The van der Waals surface area contributed by atoms with Crippen molar-refractivity contribution in [1.82, 2.24) is 5.32 Å². The van der Waals surface area contributed by atoms with Crippen LogP contribution in [0.2, 0.25) is 0 Å². The van der Waals surface area contributed by atoms with E-state index in [2.05, 4.69) is 5.32 Å². The van der Waals surface area contributed by atoms with Gasteiger partial charge in [0.15, 0.2) is 0 Å². The topological polar surface area (TPSA) is 32.3 Å². The highest BCUT2D eigenvalue weighted by atomic mass is 16.3. The number of hydrogen-bond acceptors (Lipinski definition) is 2. The molecule has 0 aromatic rings. The van der Waals surface area contributed by atoms with Crippen molar-refractivity contribution in [3.05, 3.63) is 0 Å². The van der Waals surface area contributed by atoms with Gasteiger partial charge in [-0.05, 0) is 13.8 Å². The van der Waals surface area contributed by atoms with E-state index in [-0.39, 0.29) is 6.04 Å². The van der Waals surface area contributed by atoms with Gasteiger partial charge < -0.3 is 10.4 Å². The molecule has 2 N–H and O–H groups in total. The van der Waals surface area contributed by atoms with Crippen LogP contribution in [0.3, 0.4) is 0 Å². The largest absolute Gasteiger partial charge is 0.387 e. The lowest BCUT2D eigenvalue weighted by Gasteiger charge is -2.41. The van der Waals surface area contributed by atoms with Crippen LogP contribution in [-0.4, -0.2) is 23.3 Å². The van der Waals surface area contributed by atoms with Crippen LogP contribution in [0.1, 0.15) is 13.8 Å². The zero-order chi connectivity index (χ0) is 5.49. The average molecular weight is 101 g/mol. The van der Waals surface area contributed by atoms with Crippen LogP contribution in [0, 0.1) is 0 Å². The van der Waals surface area contributed by atoms with E-state index in [1.165, 1.54) is 0 Å². The third kappa shape index (κ3) is 0.640. The maximum absolute atomic E-state index is 9.12. The van der Waals surface area contributed by atoms with E-state index >= 15 is 0 Å². The molecule has 42 valence electrons. The fourth-order valence-electron chi connectivity index (χ4n) is 0.602. The minimum Gasteiger partial charge on any atom is -0.387 e. The van der Waals surface area contributed by atoms with Crippen molar-refractivity contribution >= 4 is 0 Å². The Balaban J connectivity index is 2.43. The normalized spacial score (nSPS) is 51.0. The Hall–Kier alpha value is -0.0800. The van der Waals surface area contributed by atoms with E-state index in [1.807, 2.05) is 13.8 Å². The van der Waals surface area contributed by atoms with Crippen molar-refractivity contribution in [3.8, 4) is 0 Å². The molecule has 0 aliphatic carbocycles. The molecule has 0 spiro atoms. The molecule has 0 saturated carbocycles. The van der Waals surface area contributed by atoms with Crippen LogP contribution >= 0.6 is 0 Å². The molecule has 1 rings (SSSR count). The molecular weight excluding hydrogens is 90.1 g/mol. The van der Waals surface area contributed by atoms with Crippen LogP contribution in [-0.2, 0) is 0 Å². The summed E-state index contributed by atoms with van der Waals surface area (Å²) < 4.78 is 0. The van der Waals surface area contributed by atoms with Gasteiger partial charge in [-0.25, -0.2) is 0 Å². The molecule has 2 atom stereocenters. The Morgan fingerprint density at radius 2 is 2.29 bits per heavy atom. The molecule has 0 unspecified atom stereocenters. The molecule has 1 fully saturated rings. The quantitative estimate of drug-likeness (QED) is 0.440. The van der Waals surface area contributed by atoms with Crippen molar-refractivity contribution < 1.29 is 5.11 Å². The van der Waals surface area contributed by atoms with Gasteiger partial charge in [0, 0.05) is 12.6 Å². The van der Waals surface area contributed by atoms with E-state index < -0.39 is 5.60 Å². The van der Waals surface area contributed by atoms with E-state index in [1.54, 1.807) is 0 Å². The number of rotatable bonds is 0. The first-order valence-electron chi connectivity index (χ1n) is 2.59. The van der Waals surface area contributed by atoms with Gasteiger partial charge in [-0.2, -0.15) is 0 Å². The first kappa shape index (κ1) is 5.06. The van der Waals surface area contributed by atoms with Crippen LogP contribution < -0.4 is 5.32 Å². The highest BCUT2D eigenvalue weighted by Crippen LogP contribution is 2.16.